The molecule has 0 fully saturated rings. The molecule has 1 aromatic heterocycles. The average Bonchev–Trinajstić information content (AvgIpc) is 2.74. The molecule has 0 spiro atoms. The van der Waals surface area contributed by atoms with E-state index >= 15 is 0 Å². The van der Waals surface area contributed by atoms with E-state index in [1.807, 2.05) is 4.57 Å². The number of aromatic nitrogens is 2. The van der Waals surface area contributed by atoms with Gasteiger partial charge in [0, 0.05) is 25.1 Å². The first-order valence-electron chi connectivity index (χ1n) is 6.13. The number of fused-ring (bicyclic) bond motifs is 1. The Labute approximate surface area is 120 Å². The third-order valence-corrected chi connectivity index (χ3v) is 3.26. The van der Waals surface area contributed by atoms with Crippen LogP contribution in [0.25, 0.3) is 11.0 Å². The maximum Gasteiger partial charge on any atom is 0.217 e. The van der Waals surface area contributed by atoms with Gasteiger partial charge in [0.1, 0.15) is 5.82 Å². The molecular formula is C13H15ClFN3O2. The molecule has 0 aliphatic carbocycles. The minimum atomic E-state index is -0.470. The summed E-state index contributed by atoms with van der Waals surface area (Å²) in [6.07, 6.45) is 0.851. The van der Waals surface area contributed by atoms with Gasteiger partial charge in [-0.15, -0.1) is 11.6 Å². The molecule has 20 heavy (non-hydrogen) atoms. The molecule has 0 saturated heterocycles. The largest absolute Gasteiger partial charge is 0.494 e. The van der Waals surface area contributed by atoms with Crippen LogP contribution in [0.1, 0.15) is 18.7 Å². The molecule has 1 heterocycles. The third kappa shape index (κ3) is 2.85. The summed E-state index contributed by atoms with van der Waals surface area (Å²) in [5.41, 5.74) is 6.36. The number of amides is 1. The van der Waals surface area contributed by atoms with Crippen LogP contribution >= 0.6 is 11.6 Å². The second-order valence-corrected chi connectivity index (χ2v) is 4.63. The summed E-state index contributed by atoms with van der Waals surface area (Å²) in [5.74, 6) is 0.150. The van der Waals surface area contributed by atoms with Crippen molar-refractivity contribution in [2.24, 2.45) is 5.73 Å². The highest BCUT2D eigenvalue weighted by Gasteiger charge is 2.14. The maximum atomic E-state index is 13.7. The zero-order valence-corrected chi connectivity index (χ0v) is 11.8. The predicted molar refractivity (Wildman–Crippen MR) is 74.2 cm³/mol. The molecule has 7 heteroatoms. The van der Waals surface area contributed by atoms with Gasteiger partial charge < -0.3 is 15.0 Å². The van der Waals surface area contributed by atoms with Gasteiger partial charge in [0.15, 0.2) is 11.6 Å². The maximum absolute atomic E-state index is 13.7. The number of nitrogens with zero attached hydrogens (tertiary/aromatic N) is 2. The van der Waals surface area contributed by atoms with Crippen molar-refractivity contribution in [2.45, 2.75) is 25.3 Å². The van der Waals surface area contributed by atoms with Crippen LogP contribution in [0.2, 0.25) is 0 Å². The van der Waals surface area contributed by atoms with Gasteiger partial charge in [-0.25, -0.2) is 9.37 Å². The minimum absolute atomic E-state index is 0.148. The average molecular weight is 300 g/mol. The molecule has 0 unspecified atom stereocenters. The first kappa shape index (κ1) is 14.6. The summed E-state index contributed by atoms with van der Waals surface area (Å²) < 4.78 is 20.5. The number of aryl methyl sites for hydroxylation is 1. The lowest BCUT2D eigenvalue weighted by Gasteiger charge is -2.08. The molecule has 1 aromatic carbocycles. The smallest absolute Gasteiger partial charge is 0.217 e. The van der Waals surface area contributed by atoms with Crippen molar-refractivity contribution in [3.8, 4) is 5.75 Å². The van der Waals surface area contributed by atoms with Crippen molar-refractivity contribution in [3.05, 3.63) is 23.8 Å². The quantitative estimate of drug-likeness (QED) is 0.831. The predicted octanol–water partition coefficient (Wildman–Crippen LogP) is 2.19. The Morgan fingerprint density at radius 1 is 1.55 bits per heavy atom. The number of rotatable bonds is 6. The molecule has 1 amide bonds. The van der Waals surface area contributed by atoms with E-state index in [0.717, 1.165) is 5.52 Å². The van der Waals surface area contributed by atoms with Crippen molar-refractivity contribution in [1.29, 1.82) is 0 Å². The van der Waals surface area contributed by atoms with Crippen LogP contribution in [0.4, 0.5) is 4.39 Å². The number of hydrogen-bond acceptors (Lipinski definition) is 3. The van der Waals surface area contributed by atoms with Crippen molar-refractivity contribution in [3.63, 3.8) is 0 Å². The van der Waals surface area contributed by atoms with E-state index in [4.69, 9.17) is 22.1 Å². The number of primary amides is 1. The number of benzene rings is 1. The molecule has 2 N–H and O–H groups in total. The molecular weight excluding hydrogens is 285 g/mol. The number of imidazole rings is 1. The van der Waals surface area contributed by atoms with Crippen LogP contribution in [0, 0.1) is 5.82 Å². The van der Waals surface area contributed by atoms with Crippen molar-refractivity contribution < 1.29 is 13.9 Å². The van der Waals surface area contributed by atoms with Crippen LogP contribution in [0.5, 0.6) is 5.75 Å². The fraction of sp³-hybridized carbons (Fsp3) is 0.385. The number of hydrogen-bond donors (Lipinski definition) is 1. The zero-order valence-electron chi connectivity index (χ0n) is 11.0. The van der Waals surface area contributed by atoms with E-state index < -0.39 is 5.82 Å². The van der Waals surface area contributed by atoms with E-state index in [-0.39, 0.29) is 24.0 Å². The molecule has 0 aliphatic rings. The molecule has 2 rings (SSSR count). The van der Waals surface area contributed by atoms with E-state index in [0.29, 0.717) is 24.3 Å². The highest BCUT2D eigenvalue weighted by atomic mass is 35.5. The Balaban J connectivity index is 2.41. The Kier molecular flexibility index (Phi) is 4.44. The zero-order chi connectivity index (χ0) is 14.7. The van der Waals surface area contributed by atoms with E-state index in [1.165, 1.54) is 13.2 Å². The van der Waals surface area contributed by atoms with Gasteiger partial charge in [-0.3, -0.25) is 4.79 Å². The molecule has 108 valence electrons. The molecule has 2 aromatic rings. The number of halogens is 2. The number of ether oxygens (including phenoxy) is 1. The Morgan fingerprint density at radius 3 is 2.90 bits per heavy atom. The van der Waals surface area contributed by atoms with Crippen molar-refractivity contribution >= 4 is 28.5 Å². The summed E-state index contributed by atoms with van der Waals surface area (Å²) in [4.78, 5) is 15.1. The van der Waals surface area contributed by atoms with Crippen LogP contribution in [-0.2, 0) is 17.2 Å². The second-order valence-electron chi connectivity index (χ2n) is 4.36. The monoisotopic (exact) mass is 299 g/mol. The lowest BCUT2D eigenvalue weighted by molar-refractivity contribution is -0.118. The number of carbonyl (C=O) groups excluding carboxylic acids is 1. The first-order valence-corrected chi connectivity index (χ1v) is 6.67. The van der Waals surface area contributed by atoms with Gasteiger partial charge in [-0.1, -0.05) is 0 Å². The summed E-state index contributed by atoms with van der Waals surface area (Å²) in [7, 11) is 1.40. The normalized spacial score (nSPS) is 10.9. The van der Waals surface area contributed by atoms with Gasteiger partial charge in [-0.2, -0.15) is 0 Å². The standard InChI is InChI=1S/C13H15ClFN3O2/c1-20-11-6-10-9(5-8(11)15)17-13(7-14)18(10)4-2-3-12(16)19/h5-6H,2-4,7H2,1H3,(H2,16,19). The summed E-state index contributed by atoms with van der Waals surface area (Å²) in [6.45, 7) is 0.538. The molecule has 0 radical (unpaired) electrons. The fourth-order valence-corrected chi connectivity index (χ4v) is 2.30. The van der Waals surface area contributed by atoms with E-state index in [1.54, 1.807) is 6.07 Å². The molecule has 0 atom stereocenters. The van der Waals surface area contributed by atoms with Crippen LogP contribution in [0.3, 0.4) is 0 Å². The molecule has 5 nitrogen and oxygen atoms in total. The number of carbonyl (C=O) groups is 1. The summed E-state index contributed by atoms with van der Waals surface area (Å²) in [5, 5.41) is 0. The Morgan fingerprint density at radius 2 is 2.30 bits per heavy atom. The van der Waals surface area contributed by atoms with Crippen LogP contribution in [-0.4, -0.2) is 22.6 Å². The number of nitrogens with two attached hydrogens (primary N) is 1. The van der Waals surface area contributed by atoms with Crippen LogP contribution < -0.4 is 10.5 Å². The SMILES string of the molecule is COc1cc2c(cc1F)nc(CCl)n2CCCC(N)=O. The molecule has 0 bridgehead atoms. The third-order valence-electron chi connectivity index (χ3n) is 3.03. The van der Waals surface area contributed by atoms with Gasteiger partial charge in [0.25, 0.3) is 0 Å². The Hall–Kier alpha value is -1.82. The van der Waals surface area contributed by atoms with E-state index in [2.05, 4.69) is 4.98 Å². The second kappa shape index (κ2) is 6.09. The van der Waals surface area contributed by atoms with Crippen molar-refractivity contribution in [1.82, 2.24) is 9.55 Å². The first-order chi connectivity index (χ1) is 9.56. The fourth-order valence-electron chi connectivity index (χ4n) is 2.10. The van der Waals surface area contributed by atoms with Crippen molar-refractivity contribution in [2.75, 3.05) is 7.11 Å². The minimum Gasteiger partial charge on any atom is -0.494 e. The van der Waals surface area contributed by atoms with Crippen LogP contribution in [0.15, 0.2) is 12.1 Å². The van der Waals surface area contributed by atoms with Gasteiger partial charge in [0.05, 0.1) is 24.0 Å². The number of alkyl halides is 1. The van der Waals surface area contributed by atoms with Gasteiger partial charge in [0.2, 0.25) is 5.91 Å². The highest BCUT2D eigenvalue weighted by Crippen LogP contribution is 2.26. The van der Waals surface area contributed by atoms with E-state index in [9.17, 15) is 9.18 Å². The summed E-state index contributed by atoms with van der Waals surface area (Å²) >= 11 is 5.86. The highest BCUT2D eigenvalue weighted by molar-refractivity contribution is 6.16. The lowest BCUT2D eigenvalue weighted by atomic mass is 10.2. The summed E-state index contributed by atoms with van der Waals surface area (Å²) in [6, 6.07) is 2.90. The topological polar surface area (TPSA) is 70.1 Å². The number of methoxy groups -OCH3 is 1. The molecule has 0 aliphatic heterocycles. The van der Waals surface area contributed by atoms with Gasteiger partial charge in [-0.05, 0) is 6.42 Å². The Bertz CT molecular complexity index is 642. The van der Waals surface area contributed by atoms with Gasteiger partial charge >= 0.3 is 0 Å². The molecule has 0 saturated carbocycles. The lowest BCUT2D eigenvalue weighted by Crippen LogP contribution is -2.12.